The molecule has 0 aliphatic carbocycles. The van der Waals surface area contributed by atoms with Gasteiger partial charge in [-0.2, -0.15) is 0 Å². The number of aromatic nitrogens is 1. The van der Waals surface area contributed by atoms with Gasteiger partial charge in [0.1, 0.15) is 0 Å². The molecule has 0 amide bonds. The number of halogens is 2. The maximum absolute atomic E-state index is 12.7. The van der Waals surface area contributed by atoms with Gasteiger partial charge in [-0.05, 0) is 19.1 Å². The standard InChI is InChI=1S/C11H9F2N/c1-8-2-4-9(5-3-8)14-6-10(12)11(13)7-14/h2-7H,1H3. The molecule has 1 nitrogen and oxygen atoms in total. The van der Waals surface area contributed by atoms with Crippen LogP contribution in [-0.2, 0) is 0 Å². The Morgan fingerprint density at radius 2 is 1.43 bits per heavy atom. The zero-order valence-corrected chi connectivity index (χ0v) is 7.67. The maximum Gasteiger partial charge on any atom is 0.176 e. The van der Waals surface area contributed by atoms with Gasteiger partial charge in [0.15, 0.2) is 11.6 Å². The highest BCUT2D eigenvalue weighted by molar-refractivity contribution is 5.35. The van der Waals surface area contributed by atoms with Crippen LogP contribution in [0.2, 0.25) is 0 Å². The zero-order valence-electron chi connectivity index (χ0n) is 7.67. The van der Waals surface area contributed by atoms with Gasteiger partial charge in [0.2, 0.25) is 0 Å². The molecule has 0 spiro atoms. The average molecular weight is 193 g/mol. The van der Waals surface area contributed by atoms with Crippen molar-refractivity contribution in [3.8, 4) is 5.69 Å². The fourth-order valence-electron chi connectivity index (χ4n) is 1.27. The van der Waals surface area contributed by atoms with Crippen molar-refractivity contribution in [3.63, 3.8) is 0 Å². The van der Waals surface area contributed by atoms with E-state index in [1.54, 1.807) is 0 Å². The van der Waals surface area contributed by atoms with Gasteiger partial charge in [-0.3, -0.25) is 0 Å². The van der Waals surface area contributed by atoms with E-state index in [4.69, 9.17) is 0 Å². The Morgan fingerprint density at radius 1 is 0.929 bits per heavy atom. The molecule has 0 bridgehead atoms. The molecule has 0 aliphatic heterocycles. The third-order valence-corrected chi connectivity index (χ3v) is 2.07. The van der Waals surface area contributed by atoms with E-state index in [1.807, 2.05) is 31.2 Å². The van der Waals surface area contributed by atoms with Crippen LogP contribution in [-0.4, -0.2) is 4.57 Å². The van der Waals surface area contributed by atoms with Gasteiger partial charge in [-0.25, -0.2) is 8.78 Å². The van der Waals surface area contributed by atoms with Crippen LogP contribution >= 0.6 is 0 Å². The Bertz CT molecular complexity index is 423. The van der Waals surface area contributed by atoms with Crippen molar-refractivity contribution in [3.05, 3.63) is 53.9 Å². The summed E-state index contributed by atoms with van der Waals surface area (Å²) in [5.74, 6) is -1.66. The van der Waals surface area contributed by atoms with E-state index in [-0.39, 0.29) is 0 Å². The molecule has 1 aromatic heterocycles. The van der Waals surface area contributed by atoms with Crippen molar-refractivity contribution >= 4 is 0 Å². The molecule has 72 valence electrons. The van der Waals surface area contributed by atoms with Crippen LogP contribution < -0.4 is 0 Å². The Morgan fingerprint density at radius 3 is 1.93 bits per heavy atom. The highest BCUT2D eigenvalue weighted by Gasteiger charge is 2.05. The first kappa shape index (κ1) is 8.94. The van der Waals surface area contributed by atoms with Crippen molar-refractivity contribution in [2.75, 3.05) is 0 Å². The summed E-state index contributed by atoms with van der Waals surface area (Å²) in [5.41, 5.74) is 1.86. The minimum Gasteiger partial charge on any atom is -0.318 e. The van der Waals surface area contributed by atoms with Gasteiger partial charge in [-0.1, -0.05) is 17.7 Å². The highest BCUT2D eigenvalue weighted by atomic mass is 19.2. The van der Waals surface area contributed by atoms with E-state index in [0.717, 1.165) is 23.6 Å². The smallest absolute Gasteiger partial charge is 0.176 e. The number of rotatable bonds is 1. The minimum absolute atomic E-state index is 0.749. The highest BCUT2D eigenvalue weighted by Crippen LogP contribution is 2.13. The maximum atomic E-state index is 12.7. The van der Waals surface area contributed by atoms with Crippen LogP contribution in [0.5, 0.6) is 0 Å². The first-order valence-electron chi connectivity index (χ1n) is 4.27. The molecule has 2 rings (SSSR count). The Hall–Kier alpha value is -1.64. The number of aryl methyl sites for hydroxylation is 1. The predicted octanol–water partition coefficient (Wildman–Crippen LogP) is 3.06. The number of hydrogen-bond donors (Lipinski definition) is 0. The lowest BCUT2D eigenvalue weighted by atomic mass is 10.2. The molecular formula is C11H9F2N. The van der Waals surface area contributed by atoms with Crippen molar-refractivity contribution in [1.82, 2.24) is 4.57 Å². The Kier molecular flexibility index (Phi) is 2.08. The van der Waals surface area contributed by atoms with E-state index in [0.29, 0.717) is 0 Å². The lowest BCUT2D eigenvalue weighted by Gasteiger charge is -2.01. The van der Waals surface area contributed by atoms with Gasteiger partial charge in [0.25, 0.3) is 0 Å². The average Bonchev–Trinajstić information content (AvgIpc) is 2.48. The second kappa shape index (κ2) is 3.25. The Balaban J connectivity index is 2.44. The summed E-state index contributed by atoms with van der Waals surface area (Å²) in [6.07, 6.45) is 2.25. The molecule has 0 unspecified atom stereocenters. The molecule has 0 fully saturated rings. The van der Waals surface area contributed by atoms with Crippen LogP contribution in [0.25, 0.3) is 5.69 Å². The monoisotopic (exact) mass is 193 g/mol. The minimum atomic E-state index is -0.828. The van der Waals surface area contributed by atoms with Crippen molar-refractivity contribution in [1.29, 1.82) is 0 Å². The number of benzene rings is 1. The third-order valence-electron chi connectivity index (χ3n) is 2.07. The molecule has 2 aromatic rings. The lowest BCUT2D eigenvalue weighted by Crippen LogP contribution is -1.88. The van der Waals surface area contributed by atoms with Crippen molar-refractivity contribution < 1.29 is 8.78 Å². The summed E-state index contributed by atoms with van der Waals surface area (Å²) in [5, 5.41) is 0. The van der Waals surface area contributed by atoms with E-state index >= 15 is 0 Å². The normalized spacial score (nSPS) is 10.5. The number of nitrogens with zero attached hydrogens (tertiary/aromatic N) is 1. The molecule has 3 heteroatoms. The summed E-state index contributed by atoms with van der Waals surface area (Å²) >= 11 is 0. The van der Waals surface area contributed by atoms with Crippen LogP contribution in [0.4, 0.5) is 8.78 Å². The number of hydrogen-bond acceptors (Lipinski definition) is 0. The van der Waals surface area contributed by atoms with E-state index in [2.05, 4.69) is 0 Å². The molecular weight excluding hydrogens is 184 g/mol. The molecule has 1 aromatic carbocycles. The fourth-order valence-corrected chi connectivity index (χ4v) is 1.27. The molecule has 1 heterocycles. The molecule has 0 aliphatic rings. The van der Waals surface area contributed by atoms with E-state index in [1.165, 1.54) is 4.57 Å². The first-order valence-corrected chi connectivity index (χ1v) is 4.27. The summed E-state index contributed by atoms with van der Waals surface area (Å²) < 4.78 is 26.8. The molecule has 0 atom stereocenters. The van der Waals surface area contributed by atoms with E-state index in [9.17, 15) is 8.78 Å². The summed E-state index contributed by atoms with van der Waals surface area (Å²) in [7, 11) is 0. The second-order valence-corrected chi connectivity index (χ2v) is 3.20. The van der Waals surface area contributed by atoms with Crippen LogP contribution in [0.15, 0.2) is 36.7 Å². The fraction of sp³-hybridized carbons (Fsp3) is 0.0909. The third kappa shape index (κ3) is 1.53. The molecule has 14 heavy (non-hydrogen) atoms. The van der Waals surface area contributed by atoms with Gasteiger partial charge in [-0.15, -0.1) is 0 Å². The SMILES string of the molecule is Cc1ccc(-n2cc(F)c(F)c2)cc1. The molecule has 0 saturated heterocycles. The molecule has 0 N–H and O–H groups in total. The van der Waals surface area contributed by atoms with Crippen LogP contribution in [0, 0.1) is 18.6 Å². The largest absolute Gasteiger partial charge is 0.318 e. The van der Waals surface area contributed by atoms with Crippen molar-refractivity contribution in [2.45, 2.75) is 6.92 Å². The van der Waals surface area contributed by atoms with Gasteiger partial charge in [0.05, 0.1) is 0 Å². The first-order chi connectivity index (χ1) is 6.66. The zero-order chi connectivity index (χ0) is 10.1. The van der Waals surface area contributed by atoms with Gasteiger partial charge >= 0.3 is 0 Å². The molecule has 0 saturated carbocycles. The second-order valence-electron chi connectivity index (χ2n) is 3.20. The van der Waals surface area contributed by atoms with E-state index < -0.39 is 11.6 Å². The quantitative estimate of drug-likeness (QED) is 0.656. The van der Waals surface area contributed by atoms with Crippen molar-refractivity contribution in [2.24, 2.45) is 0 Å². The predicted molar refractivity (Wildman–Crippen MR) is 50.4 cm³/mol. The van der Waals surface area contributed by atoms with Gasteiger partial charge < -0.3 is 4.57 Å². The summed E-state index contributed by atoms with van der Waals surface area (Å²) in [6, 6.07) is 7.42. The van der Waals surface area contributed by atoms with Gasteiger partial charge in [0, 0.05) is 18.1 Å². The van der Waals surface area contributed by atoms with Crippen LogP contribution in [0.3, 0.4) is 0 Å². The molecule has 0 radical (unpaired) electrons. The summed E-state index contributed by atoms with van der Waals surface area (Å²) in [6.45, 7) is 1.96. The van der Waals surface area contributed by atoms with Crippen LogP contribution in [0.1, 0.15) is 5.56 Å². The topological polar surface area (TPSA) is 4.93 Å². The lowest BCUT2D eigenvalue weighted by molar-refractivity contribution is 0.516. The summed E-state index contributed by atoms with van der Waals surface area (Å²) in [4.78, 5) is 0. The Labute approximate surface area is 80.6 Å².